The first-order valence-corrected chi connectivity index (χ1v) is 10.1. The smallest absolute Gasteiger partial charge is 0.327 e. The molecule has 3 fully saturated rings. The number of anilines is 1. The second kappa shape index (κ2) is 7.60. The van der Waals surface area contributed by atoms with Gasteiger partial charge in [-0.3, -0.25) is 19.9 Å². The molecule has 0 saturated carbocycles. The van der Waals surface area contributed by atoms with Crippen molar-refractivity contribution in [3.8, 4) is 5.75 Å². The van der Waals surface area contributed by atoms with Crippen molar-refractivity contribution < 1.29 is 14.3 Å². The molecule has 3 aliphatic rings. The van der Waals surface area contributed by atoms with Crippen LogP contribution in [0.25, 0.3) is 0 Å². The number of nitrogens with one attached hydrogen (secondary N) is 1. The predicted octanol–water partition coefficient (Wildman–Crippen LogP) is 1.48. The second-order valence-corrected chi connectivity index (χ2v) is 7.62. The number of likely N-dealkylation sites (N-methyl/N-ethyl adjacent to an activating group) is 1. The van der Waals surface area contributed by atoms with E-state index in [0.717, 1.165) is 43.8 Å². The van der Waals surface area contributed by atoms with Gasteiger partial charge in [0.2, 0.25) is 0 Å². The molecule has 3 saturated heterocycles. The first kappa shape index (κ1) is 19.0. The molecule has 4 rings (SSSR count). The Labute approximate surface area is 166 Å². The van der Waals surface area contributed by atoms with E-state index in [1.54, 1.807) is 19.1 Å². The Kier molecular flexibility index (Phi) is 5.16. The van der Waals surface area contributed by atoms with Gasteiger partial charge in [0.1, 0.15) is 24.2 Å². The van der Waals surface area contributed by atoms with Gasteiger partial charge in [0.15, 0.2) is 0 Å². The molecule has 0 spiro atoms. The zero-order chi connectivity index (χ0) is 19.8. The van der Waals surface area contributed by atoms with Crippen LogP contribution in [0.15, 0.2) is 24.3 Å². The molecule has 1 aromatic carbocycles. The molecule has 1 aromatic rings. The second-order valence-electron chi connectivity index (χ2n) is 7.62. The zero-order valence-electron chi connectivity index (χ0n) is 16.8. The summed E-state index contributed by atoms with van der Waals surface area (Å²) in [6, 6.07) is 7.36. The Morgan fingerprint density at radius 2 is 2.00 bits per heavy atom. The summed E-state index contributed by atoms with van der Waals surface area (Å²) in [5.41, 5.74) is 0.995. The number of carbonyl (C=O) groups is 2. The average molecular weight is 387 g/mol. The molecule has 0 radical (unpaired) electrons. The number of hydrogen-bond donors (Lipinski definition) is 1. The van der Waals surface area contributed by atoms with E-state index in [1.165, 1.54) is 4.90 Å². The standard InChI is InChI=1S/C20H29N5O3/c1-4-5-11-25-18(26)16-17(22(2)20(25)27)21-19-23(12-8-13-24(16)19)14-9-6-7-10-15(14)28-3/h6-7,9-10,16-17,19,21H,4-5,8,11-13H2,1-3H3. The number of imide groups is 1. The van der Waals surface area contributed by atoms with Gasteiger partial charge in [-0.1, -0.05) is 25.5 Å². The SMILES string of the molecule is CCCCN1C(=O)C2C(NC3N(c4ccccc4OC)CCCN23)N(C)C1=O. The molecule has 8 nitrogen and oxygen atoms in total. The van der Waals surface area contributed by atoms with Gasteiger partial charge in [0, 0.05) is 26.7 Å². The lowest BCUT2D eigenvalue weighted by Gasteiger charge is -2.44. The highest BCUT2D eigenvalue weighted by Gasteiger charge is 2.56. The molecular formula is C20H29N5O3. The van der Waals surface area contributed by atoms with E-state index in [4.69, 9.17) is 4.74 Å². The number of urea groups is 1. The first-order valence-electron chi connectivity index (χ1n) is 10.1. The topological polar surface area (TPSA) is 68.4 Å². The number of nitrogens with zero attached hydrogens (tertiary/aromatic N) is 4. The normalized spacial score (nSPS) is 27.8. The number of amides is 3. The summed E-state index contributed by atoms with van der Waals surface area (Å²) in [4.78, 5) is 33.6. The minimum atomic E-state index is -0.359. The molecule has 3 atom stereocenters. The Hall–Kier alpha value is -2.32. The van der Waals surface area contributed by atoms with Crippen LogP contribution in [0.5, 0.6) is 5.75 Å². The van der Waals surface area contributed by atoms with Crippen LogP contribution < -0.4 is 15.0 Å². The largest absolute Gasteiger partial charge is 0.495 e. The minimum absolute atomic E-state index is 0.0848. The van der Waals surface area contributed by atoms with Crippen molar-refractivity contribution in [3.05, 3.63) is 24.3 Å². The minimum Gasteiger partial charge on any atom is -0.495 e. The van der Waals surface area contributed by atoms with Crippen molar-refractivity contribution in [2.24, 2.45) is 0 Å². The van der Waals surface area contributed by atoms with Crippen LogP contribution in [-0.2, 0) is 4.79 Å². The molecule has 3 unspecified atom stereocenters. The summed E-state index contributed by atoms with van der Waals surface area (Å²) in [5.74, 6) is 0.722. The lowest BCUT2D eigenvalue weighted by atomic mass is 10.1. The zero-order valence-corrected chi connectivity index (χ0v) is 16.8. The fourth-order valence-corrected chi connectivity index (χ4v) is 4.55. The van der Waals surface area contributed by atoms with E-state index in [1.807, 2.05) is 24.3 Å². The quantitative estimate of drug-likeness (QED) is 0.826. The van der Waals surface area contributed by atoms with Crippen LogP contribution in [-0.4, -0.2) is 78.9 Å². The number of unbranched alkanes of at least 4 members (excludes halogenated alkanes) is 1. The maximum absolute atomic E-state index is 13.2. The lowest BCUT2D eigenvalue weighted by molar-refractivity contribution is -0.138. The summed E-state index contributed by atoms with van der Waals surface area (Å²) in [6.45, 7) is 4.23. The molecule has 3 amide bonds. The summed E-state index contributed by atoms with van der Waals surface area (Å²) < 4.78 is 5.56. The Balaban J connectivity index is 1.64. The highest BCUT2D eigenvalue weighted by atomic mass is 16.5. The summed E-state index contributed by atoms with van der Waals surface area (Å²) >= 11 is 0. The van der Waals surface area contributed by atoms with Crippen molar-refractivity contribution >= 4 is 17.6 Å². The predicted molar refractivity (Wildman–Crippen MR) is 106 cm³/mol. The molecule has 28 heavy (non-hydrogen) atoms. The highest BCUT2D eigenvalue weighted by Crippen LogP contribution is 2.36. The van der Waals surface area contributed by atoms with Crippen LogP contribution in [0.2, 0.25) is 0 Å². The van der Waals surface area contributed by atoms with Gasteiger partial charge in [-0.2, -0.15) is 0 Å². The van der Waals surface area contributed by atoms with E-state index < -0.39 is 0 Å². The Bertz CT molecular complexity index is 757. The lowest BCUT2D eigenvalue weighted by Crippen LogP contribution is -2.66. The molecule has 0 aliphatic carbocycles. The third-order valence-electron chi connectivity index (χ3n) is 6.00. The van der Waals surface area contributed by atoms with Gasteiger partial charge in [-0.05, 0) is 25.0 Å². The number of hydrogen-bond acceptors (Lipinski definition) is 6. The molecule has 152 valence electrons. The molecule has 0 aromatic heterocycles. The number of benzene rings is 1. The maximum atomic E-state index is 13.2. The number of methoxy groups -OCH3 is 1. The van der Waals surface area contributed by atoms with Gasteiger partial charge in [0.25, 0.3) is 5.91 Å². The van der Waals surface area contributed by atoms with Gasteiger partial charge in [0.05, 0.1) is 12.8 Å². The molecule has 1 N–H and O–H groups in total. The molecular weight excluding hydrogens is 358 g/mol. The summed E-state index contributed by atoms with van der Waals surface area (Å²) in [6.07, 6.45) is 2.25. The fraction of sp³-hybridized carbons (Fsp3) is 0.600. The van der Waals surface area contributed by atoms with Crippen LogP contribution in [0.4, 0.5) is 10.5 Å². The Morgan fingerprint density at radius 1 is 1.21 bits per heavy atom. The van der Waals surface area contributed by atoms with E-state index in [9.17, 15) is 9.59 Å². The van der Waals surface area contributed by atoms with Gasteiger partial charge in [-0.25, -0.2) is 4.79 Å². The average Bonchev–Trinajstić information content (AvgIpc) is 3.12. The van der Waals surface area contributed by atoms with Gasteiger partial charge >= 0.3 is 6.03 Å². The van der Waals surface area contributed by atoms with E-state index in [-0.39, 0.29) is 30.4 Å². The summed E-state index contributed by atoms with van der Waals surface area (Å²) in [7, 11) is 3.45. The van der Waals surface area contributed by atoms with Crippen LogP contribution in [0.1, 0.15) is 26.2 Å². The number of carbonyl (C=O) groups excluding carboxylic acids is 2. The third kappa shape index (κ3) is 2.91. The number of ether oxygens (including phenoxy) is 1. The Morgan fingerprint density at radius 3 is 2.75 bits per heavy atom. The fourth-order valence-electron chi connectivity index (χ4n) is 4.55. The highest BCUT2D eigenvalue weighted by molar-refractivity contribution is 6.00. The number of para-hydroxylation sites is 2. The summed E-state index contributed by atoms with van der Waals surface area (Å²) in [5, 5.41) is 3.54. The van der Waals surface area contributed by atoms with E-state index in [2.05, 4.69) is 22.0 Å². The van der Waals surface area contributed by atoms with Crippen LogP contribution in [0.3, 0.4) is 0 Å². The monoisotopic (exact) mass is 387 g/mol. The molecule has 0 bridgehead atoms. The molecule has 3 aliphatic heterocycles. The third-order valence-corrected chi connectivity index (χ3v) is 6.00. The molecule has 8 heteroatoms. The van der Waals surface area contributed by atoms with Gasteiger partial charge in [-0.15, -0.1) is 0 Å². The van der Waals surface area contributed by atoms with Crippen molar-refractivity contribution in [1.82, 2.24) is 20.0 Å². The van der Waals surface area contributed by atoms with Crippen LogP contribution in [0, 0.1) is 0 Å². The van der Waals surface area contributed by atoms with E-state index in [0.29, 0.717) is 6.54 Å². The molecule has 3 heterocycles. The number of rotatable bonds is 5. The van der Waals surface area contributed by atoms with Crippen molar-refractivity contribution in [3.63, 3.8) is 0 Å². The van der Waals surface area contributed by atoms with Crippen molar-refractivity contribution in [2.75, 3.05) is 38.7 Å². The van der Waals surface area contributed by atoms with E-state index >= 15 is 0 Å². The first-order chi connectivity index (χ1) is 13.6. The maximum Gasteiger partial charge on any atom is 0.327 e. The van der Waals surface area contributed by atoms with Gasteiger partial charge < -0.3 is 14.5 Å². The van der Waals surface area contributed by atoms with Crippen molar-refractivity contribution in [2.45, 2.75) is 44.7 Å². The number of fused-ring (bicyclic) bond motifs is 3. The van der Waals surface area contributed by atoms with Crippen LogP contribution >= 0.6 is 0 Å². The van der Waals surface area contributed by atoms with Crippen molar-refractivity contribution in [1.29, 1.82) is 0 Å².